The van der Waals surface area contributed by atoms with Gasteiger partial charge in [-0.05, 0) is 35.6 Å². The summed E-state index contributed by atoms with van der Waals surface area (Å²) in [6.45, 7) is 2.72. The van der Waals surface area contributed by atoms with E-state index in [-0.39, 0.29) is 0 Å². The van der Waals surface area contributed by atoms with Gasteiger partial charge in [0.15, 0.2) is 0 Å². The van der Waals surface area contributed by atoms with Crippen molar-refractivity contribution in [3.05, 3.63) is 56.7 Å². The molecule has 0 aliphatic rings. The summed E-state index contributed by atoms with van der Waals surface area (Å²) in [7, 11) is 0. The van der Waals surface area contributed by atoms with Crippen molar-refractivity contribution in [2.75, 3.05) is 6.54 Å². The Morgan fingerprint density at radius 3 is 2.79 bits per heavy atom. The van der Waals surface area contributed by atoms with Crippen LogP contribution in [0.4, 0.5) is 0 Å². The highest BCUT2D eigenvalue weighted by Gasteiger charge is 2.13. The maximum Gasteiger partial charge on any atom is 0.0914 e. The topological polar surface area (TPSA) is 32.3 Å². The summed E-state index contributed by atoms with van der Waals surface area (Å²) in [4.78, 5) is 1.32. The molecule has 0 amide bonds. The first kappa shape index (κ1) is 14.7. The molecule has 0 saturated carbocycles. The van der Waals surface area contributed by atoms with E-state index in [9.17, 15) is 5.11 Å². The van der Waals surface area contributed by atoms with E-state index in [4.69, 9.17) is 0 Å². The molecule has 0 bridgehead atoms. The molecular weight excluding hydrogens is 322 g/mol. The van der Waals surface area contributed by atoms with Gasteiger partial charge in [0, 0.05) is 21.9 Å². The van der Waals surface area contributed by atoms with Gasteiger partial charge in [-0.15, -0.1) is 11.3 Å². The lowest BCUT2D eigenvalue weighted by Crippen LogP contribution is -2.25. The number of benzene rings is 1. The summed E-state index contributed by atoms with van der Waals surface area (Å²) >= 11 is 5.18. The van der Waals surface area contributed by atoms with Gasteiger partial charge < -0.3 is 10.4 Å². The molecule has 19 heavy (non-hydrogen) atoms. The van der Waals surface area contributed by atoms with Crippen molar-refractivity contribution >= 4 is 27.3 Å². The van der Waals surface area contributed by atoms with E-state index in [0.717, 1.165) is 16.5 Å². The first-order chi connectivity index (χ1) is 9.20. The number of nitrogens with one attached hydrogen (secondary N) is 1. The molecule has 2 nitrogen and oxygen atoms in total. The van der Waals surface area contributed by atoms with E-state index < -0.39 is 6.10 Å². The Balaban J connectivity index is 1.94. The fourth-order valence-electron chi connectivity index (χ4n) is 2.02. The Kier molecular flexibility index (Phi) is 5.58. The summed E-state index contributed by atoms with van der Waals surface area (Å²) < 4.78 is 0.995. The molecule has 1 aromatic carbocycles. The van der Waals surface area contributed by atoms with Gasteiger partial charge >= 0.3 is 0 Å². The Morgan fingerprint density at radius 2 is 2.16 bits per heavy atom. The van der Waals surface area contributed by atoms with Crippen LogP contribution < -0.4 is 5.32 Å². The van der Waals surface area contributed by atoms with Crippen LogP contribution in [0.1, 0.15) is 35.9 Å². The van der Waals surface area contributed by atoms with Gasteiger partial charge in [-0.1, -0.05) is 41.1 Å². The smallest absolute Gasteiger partial charge is 0.0914 e. The van der Waals surface area contributed by atoms with Crippen LogP contribution in [-0.4, -0.2) is 11.7 Å². The van der Waals surface area contributed by atoms with Crippen molar-refractivity contribution in [1.29, 1.82) is 0 Å². The summed E-state index contributed by atoms with van der Waals surface area (Å²) in [5.74, 6) is 0. The molecule has 2 unspecified atom stereocenters. The zero-order chi connectivity index (χ0) is 13.7. The Hall–Kier alpha value is -0.680. The number of aliphatic hydroxyl groups excluding tert-OH is 1. The number of thiophene rings is 1. The summed E-state index contributed by atoms with van der Waals surface area (Å²) in [5.41, 5.74) is 0.933. The van der Waals surface area contributed by atoms with Gasteiger partial charge in [0.1, 0.15) is 0 Å². The minimum absolute atomic E-state index is 0.321. The molecule has 2 rings (SSSR count). The van der Waals surface area contributed by atoms with Crippen molar-refractivity contribution in [2.24, 2.45) is 0 Å². The quantitative estimate of drug-likeness (QED) is 0.822. The normalized spacial score (nSPS) is 14.3. The predicted molar refractivity (Wildman–Crippen MR) is 84.5 cm³/mol. The molecule has 4 heteroatoms. The molecule has 1 heterocycles. The van der Waals surface area contributed by atoms with Gasteiger partial charge in [-0.2, -0.15) is 0 Å². The fourth-order valence-corrected chi connectivity index (χ4v) is 3.32. The van der Waals surface area contributed by atoms with Crippen LogP contribution >= 0.6 is 27.3 Å². The molecular formula is C15H18BrNOS. The number of halogens is 1. The van der Waals surface area contributed by atoms with Crippen LogP contribution in [-0.2, 0) is 0 Å². The predicted octanol–water partition coefficient (Wildman–Crippen LogP) is 4.28. The number of hydrogen-bond donors (Lipinski definition) is 2. The first-order valence-corrected chi connectivity index (χ1v) is 8.08. The van der Waals surface area contributed by atoms with Gasteiger partial charge in [-0.25, -0.2) is 0 Å². The zero-order valence-electron chi connectivity index (χ0n) is 10.8. The number of hydrogen-bond acceptors (Lipinski definition) is 3. The highest BCUT2D eigenvalue weighted by Crippen LogP contribution is 2.23. The SMILES string of the molecule is CCC(NCC(O)c1cccc(Br)c1)c1cccs1. The molecule has 102 valence electrons. The average molecular weight is 340 g/mol. The highest BCUT2D eigenvalue weighted by molar-refractivity contribution is 9.10. The molecule has 0 fully saturated rings. The minimum Gasteiger partial charge on any atom is -0.387 e. The molecule has 0 radical (unpaired) electrons. The van der Waals surface area contributed by atoms with Gasteiger partial charge in [-0.3, -0.25) is 0 Å². The zero-order valence-corrected chi connectivity index (χ0v) is 13.2. The van der Waals surface area contributed by atoms with Crippen LogP contribution in [0.15, 0.2) is 46.3 Å². The third kappa shape index (κ3) is 4.14. The van der Waals surface area contributed by atoms with Crippen molar-refractivity contribution in [3.63, 3.8) is 0 Å². The van der Waals surface area contributed by atoms with E-state index >= 15 is 0 Å². The standard InChI is InChI=1S/C15H18BrNOS/c1-2-13(15-7-4-8-19-15)17-10-14(18)11-5-3-6-12(16)9-11/h3-9,13-14,17-18H,2,10H2,1H3. The van der Waals surface area contributed by atoms with Gasteiger partial charge in [0.2, 0.25) is 0 Å². The highest BCUT2D eigenvalue weighted by atomic mass is 79.9. The third-order valence-corrected chi connectivity index (χ3v) is 4.57. The molecule has 0 spiro atoms. The molecule has 0 aliphatic carbocycles. The van der Waals surface area contributed by atoms with Crippen molar-refractivity contribution in [1.82, 2.24) is 5.32 Å². The van der Waals surface area contributed by atoms with Crippen LogP contribution in [0.2, 0.25) is 0 Å². The van der Waals surface area contributed by atoms with Crippen molar-refractivity contribution < 1.29 is 5.11 Å². The first-order valence-electron chi connectivity index (χ1n) is 6.41. The van der Waals surface area contributed by atoms with Crippen LogP contribution in [0.25, 0.3) is 0 Å². The third-order valence-electron chi connectivity index (χ3n) is 3.09. The maximum absolute atomic E-state index is 10.2. The Bertz CT molecular complexity index is 501. The largest absolute Gasteiger partial charge is 0.387 e. The van der Waals surface area contributed by atoms with E-state index in [1.807, 2.05) is 24.3 Å². The van der Waals surface area contributed by atoms with E-state index in [0.29, 0.717) is 12.6 Å². The number of aliphatic hydroxyl groups is 1. The summed E-state index contributed by atoms with van der Waals surface area (Å²) in [5, 5.41) is 15.7. The van der Waals surface area contributed by atoms with Crippen LogP contribution in [0.3, 0.4) is 0 Å². The maximum atomic E-state index is 10.2. The molecule has 0 aliphatic heterocycles. The van der Waals surface area contributed by atoms with Gasteiger partial charge in [0.05, 0.1) is 6.10 Å². The lowest BCUT2D eigenvalue weighted by atomic mass is 10.1. The second-order valence-corrected chi connectivity index (χ2v) is 6.35. The molecule has 2 aromatic rings. The summed E-state index contributed by atoms with van der Waals surface area (Å²) in [6.07, 6.45) is 0.539. The van der Waals surface area contributed by atoms with E-state index in [2.05, 4.69) is 45.7 Å². The Morgan fingerprint density at radius 1 is 1.32 bits per heavy atom. The van der Waals surface area contributed by atoms with Crippen LogP contribution in [0.5, 0.6) is 0 Å². The summed E-state index contributed by atoms with van der Waals surface area (Å²) in [6, 6.07) is 12.3. The monoisotopic (exact) mass is 339 g/mol. The molecule has 1 aromatic heterocycles. The Labute approximate surface area is 126 Å². The van der Waals surface area contributed by atoms with Crippen molar-refractivity contribution in [3.8, 4) is 0 Å². The second-order valence-electron chi connectivity index (χ2n) is 4.46. The second kappa shape index (κ2) is 7.20. The fraction of sp³-hybridized carbons (Fsp3) is 0.333. The van der Waals surface area contributed by atoms with E-state index in [1.54, 1.807) is 11.3 Å². The minimum atomic E-state index is -0.480. The lowest BCUT2D eigenvalue weighted by molar-refractivity contribution is 0.169. The van der Waals surface area contributed by atoms with Crippen LogP contribution in [0, 0.1) is 0 Å². The average Bonchev–Trinajstić information content (AvgIpc) is 2.93. The van der Waals surface area contributed by atoms with Gasteiger partial charge in [0.25, 0.3) is 0 Å². The number of rotatable bonds is 6. The van der Waals surface area contributed by atoms with E-state index in [1.165, 1.54) is 4.88 Å². The molecule has 0 saturated heterocycles. The molecule has 2 N–H and O–H groups in total. The molecule has 2 atom stereocenters. The van der Waals surface area contributed by atoms with Crippen molar-refractivity contribution in [2.45, 2.75) is 25.5 Å². The lowest BCUT2D eigenvalue weighted by Gasteiger charge is -2.18.